The highest BCUT2D eigenvalue weighted by Crippen LogP contribution is 2.22. The SMILES string of the molecule is C=C1C=CC(c2ccc(CC)cc2)=CN1C. The highest BCUT2D eigenvalue weighted by atomic mass is 15.1. The maximum atomic E-state index is 3.95. The van der Waals surface area contributed by atoms with E-state index in [-0.39, 0.29) is 0 Å². The second-order valence-corrected chi connectivity index (χ2v) is 4.07. The number of likely N-dealkylation sites (N-methyl/N-ethyl adjacent to an activating group) is 1. The molecule has 0 unspecified atom stereocenters. The van der Waals surface area contributed by atoms with Crippen LogP contribution in [-0.4, -0.2) is 11.9 Å². The second kappa shape index (κ2) is 4.40. The van der Waals surface area contributed by atoms with Crippen LogP contribution in [0.4, 0.5) is 0 Å². The van der Waals surface area contributed by atoms with E-state index >= 15 is 0 Å². The topological polar surface area (TPSA) is 3.24 Å². The van der Waals surface area contributed by atoms with E-state index in [1.54, 1.807) is 0 Å². The van der Waals surface area contributed by atoms with E-state index in [1.807, 2.05) is 18.0 Å². The van der Waals surface area contributed by atoms with Gasteiger partial charge in [0.25, 0.3) is 0 Å². The Bertz CT molecular complexity index is 449. The average Bonchev–Trinajstić information content (AvgIpc) is 2.33. The normalized spacial score (nSPS) is 15.2. The van der Waals surface area contributed by atoms with E-state index in [9.17, 15) is 0 Å². The molecule has 0 N–H and O–H groups in total. The molecule has 0 saturated heterocycles. The lowest BCUT2D eigenvalue weighted by molar-refractivity contribution is 0.589. The van der Waals surface area contributed by atoms with Gasteiger partial charge >= 0.3 is 0 Å². The standard InChI is InChI=1S/C15H17N/c1-4-13-6-9-14(10-7-13)15-8-5-12(2)16(3)11-15/h5-11H,2,4H2,1,3H3. The van der Waals surface area contributed by atoms with Gasteiger partial charge in [0, 0.05) is 18.9 Å². The third kappa shape index (κ3) is 2.08. The zero-order chi connectivity index (χ0) is 11.5. The van der Waals surface area contributed by atoms with E-state index in [4.69, 9.17) is 0 Å². The number of allylic oxidation sites excluding steroid dienone is 3. The monoisotopic (exact) mass is 211 g/mol. The summed E-state index contributed by atoms with van der Waals surface area (Å²) in [6, 6.07) is 8.73. The minimum absolute atomic E-state index is 1.02. The van der Waals surface area contributed by atoms with Gasteiger partial charge in [0.1, 0.15) is 0 Å². The third-order valence-corrected chi connectivity index (χ3v) is 2.94. The molecule has 0 fully saturated rings. The summed E-state index contributed by atoms with van der Waals surface area (Å²) < 4.78 is 0. The largest absolute Gasteiger partial charge is 0.351 e. The molecule has 1 heteroatoms. The van der Waals surface area contributed by atoms with Crippen molar-refractivity contribution in [3.05, 3.63) is 66.0 Å². The lowest BCUT2D eigenvalue weighted by Crippen LogP contribution is -2.10. The summed E-state index contributed by atoms with van der Waals surface area (Å²) in [6.07, 6.45) is 7.36. The van der Waals surface area contributed by atoms with Crippen LogP contribution >= 0.6 is 0 Å². The number of hydrogen-bond donors (Lipinski definition) is 0. The molecule has 1 aliphatic rings. The van der Waals surface area contributed by atoms with Gasteiger partial charge in [-0.1, -0.05) is 43.8 Å². The fraction of sp³-hybridized carbons (Fsp3) is 0.200. The van der Waals surface area contributed by atoms with Crippen LogP contribution in [0.25, 0.3) is 5.57 Å². The first-order valence-corrected chi connectivity index (χ1v) is 5.61. The van der Waals surface area contributed by atoms with Crippen molar-refractivity contribution in [3.63, 3.8) is 0 Å². The van der Waals surface area contributed by atoms with Gasteiger partial charge in [-0.2, -0.15) is 0 Å². The third-order valence-electron chi connectivity index (χ3n) is 2.94. The smallest absolute Gasteiger partial charge is 0.0330 e. The van der Waals surface area contributed by atoms with Crippen molar-refractivity contribution in [2.45, 2.75) is 13.3 Å². The van der Waals surface area contributed by atoms with Crippen LogP contribution in [0.1, 0.15) is 18.1 Å². The lowest BCUT2D eigenvalue weighted by Gasteiger charge is -2.20. The molecule has 2 rings (SSSR count). The van der Waals surface area contributed by atoms with E-state index in [2.05, 4.69) is 50.0 Å². The molecule has 0 saturated carbocycles. The van der Waals surface area contributed by atoms with Crippen LogP contribution in [-0.2, 0) is 6.42 Å². The summed E-state index contributed by atoms with van der Waals surface area (Å²) in [7, 11) is 2.02. The Balaban J connectivity index is 2.28. The molecule has 1 aromatic carbocycles. The highest BCUT2D eigenvalue weighted by molar-refractivity contribution is 5.75. The molecule has 0 aromatic heterocycles. The molecular formula is C15H17N. The van der Waals surface area contributed by atoms with Gasteiger partial charge in [0.15, 0.2) is 0 Å². The van der Waals surface area contributed by atoms with Crippen molar-refractivity contribution in [1.82, 2.24) is 4.90 Å². The summed E-state index contributed by atoms with van der Waals surface area (Å²) in [6.45, 7) is 6.12. The molecule has 0 bridgehead atoms. The number of nitrogens with zero attached hydrogens (tertiary/aromatic N) is 1. The Kier molecular flexibility index (Phi) is 2.95. The zero-order valence-corrected chi connectivity index (χ0v) is 9.90. The van der Waals surface area contributed by atoms with Gasteiger partial charge in [-0.05, 0) is 29.2 Å². The maximum Gasteiger partial charge on any atom is 0.0330 e. The van der Waals surface area contributed by atoms with Gasteiger partial charge in [0.2, 0.25) is 0 Å². The number of aryl methyl sites for hydroxylation is 1. The Morgan fingerprint density at radius 3 is 2.38 bits per heavy atom. The maximum absolute atomic E-state index is 3.95. The van der Waals surface area contributed by atoms with Crippen molar-refractivity contribution in [2.24, 2.45) is 0 Å². The Hall–Kier alpha value is -1.76. The first-order chi connectivity index (χ1) is 7.70. The van der Waals surface area contributed by atoms with Crippen molar-refractivity contribution in [2.75, 3.05) is 7.05 Å². The molecule has 0 amide bonds. The zero-order valence-electron chi connectivity index (χ0n) is 9.90. The molecule has 1 aliphatic heterocycles. The van der Waals surface area contributed by atoms with Crippen LogP contribution in [0.5, 0.6) is 0 Å². The van der Waals surface area contributed by atoms with Gasteiger partial charge in [0.05, 0.1) is 0 Å². The van der Waals surface area contributed by atoms with Crippen molar-refractivity contribution >= 4 is 5.57 Å². The summed E-state index contributed by atoms with van der Waals surface area (Å²) >= 11 is 0. The highest BCUT2D eigenvalue weighted by Gasteiger charge is 2.06. The minimum Gasteiger partial charge on any atom is -0.351 e. The van der Waals surface area contributed by atoms with Gasteiger partial charge < -0.3 is 4.90 Å². The second-order valence-electron chi connectivity index (χ2n) is 4.07. The van der Waals surface area contributed by atoms with Gasteiger partial charge in [-0.3, -0.25) is 0 Å². The van der Waals surface area contributed by atoms with Crippen LogP contribution in [0.2, 0.25) is 0 Å². The average molecular weight is 211 g/mol. The van der Waals surface area contributed by atoms with E-state index < -0.39 is 0 Å². The number of rotatable bonds is 2. The lowest BCUT2D eigenvalue weighted by atomic mass is 10.0. The molecule has 0 radical (unpaired) electrons. The summed E-state index contributed by atoms with van der Waals surface area (Å²) in [4.78, 5) is 2.04. The first kappa shape index (κ1) is 10.7. The molecular weight excluding hydrogens is 194 g/mol. The quantitative estimate of drug-likeness (QED) is 0.722. The molecule has 82 valence electrons. The van der Waals surface area contributed by atoms with Gasteiger partial charge in [-0.25, -0.2) is 0 Å². The van der Waals surface area contributed by atoms with E-state index in [0.29, 0.717) is 0 Å². The van der Waals surface area contributed by atoms with Crippen LogP contribution in [0, 0.1) is 0 Å². The van der Waals surface area contributed by atoms with E-state index in [0.717, 1.165) is 12.1 Å². The van der Waals surface area contributed by atoms with Crippen LogP contribution in [0.15, 0.2) is 54.9 Å². The minimum atomic E-state index is 1.02. The fourth-order valence-corrected chi connectivity index (χ4v) is 1.74. The van der Waals surface area contributed by atoms with Crippen LogP contribution in [0.3, 0.4) is 0 Å². The number of benzene rings is 1. The molecule has 0 aliphatic carbocycles. The predicted octanol–water partition coefficient (Wildman–Crippen LogP) is 3.61. The van der Waals surface area contributed by atoms with Crippen molar-refractivity contribution in [3.8, 4) is 0 Å². The van der Waals surface area contributed by atoms with Crippen molar-refractivity contribution in [1.29, 1.82) is 0 Å². The molecule has 1 heterocycles. The van der Waals surface area contributed by atoms with Crippen molar-refractivity contribution < 1.29 is 0 Å². The Morgan fingerprint density at radius 1 is 1.12 bits per heavy atom. The molecule has 1 nitrogen and oxygen atoms in total. The Morgan fingerprint density at radius 2 is 1.81 bits per heavy atom. The van der Waals surface area contributed by atoms with Crippen LogP contribution < -0.4 is 0 Å². The molecule has 16 heavy (non-hydrogen) atoms. The summed E-state index contributed by atoms with van der Waals surface area (Å²) in [5.74, 6) is 0. The Labute approximate surface area is 97.4 Å². The van der Waals surface area contributed by atoms with Gasteiger partial charge in [-0.15, -0.1) is 0 Å². The first-order valence-electron chi connectivity index (χ1n) is 5.61. The number of hydrogen-bond acceptors (Lipinski definition) is 1. The summed E-state index contributed by atoms with van der Waals surface area (Å²) in [5.41, 5.74) is 4.89. The fourth-order valence-electron chi connectivity index (χ4n) is 1.74. The summed E-state index contributed by atoms with van der Waals surface area (Å²) in [5, 5.41) is 0. The molecule has 0 spiro atoms. The van der Waals surface area contributed by atoms with E-state index in [1.165, 1.54) is 16.7 Å². The predicted molar refractivity (Wildman–Crippen MR) is 69.8 cm³/mol. The molecule has 1 aromatic rings. The molecule has 0 atom stereocenters.